The molecule has 0 unspecified atom stereocenters. The number of nitrogens with zero attached hydrogens (tertiary/aromatic N) is 2. The molecule has 0 aliphatic rings. The maximum Gasteiger partial charge on any atom is 0.250 e. The second-order valence-corrected chi connectivity index (χ2v) is 7.36. The molecule has 1 N–H and O–H groups in total. The van der Waals surface area contributed by atoms with Crippen LogP contribution in [0.2, 0.25) is 0 Å². The Morgan fingerprint density at radius 3 is 2.72 bits per heavy atom. The molecule has 0 aliphatic heterocycles. The largest absolute Gasteiger partial charge is 0.493 e. The summed E-state index contributed by atoms with van der Waals surface area (Å²) in [6.45, 7) is 4.51. The van der Waals surface area contributed by atoms with Gasteiger partial charge in [-0.05, 0) is 48.2 Å². The zero-order valence-electron chi connectivity index (χ0n) is 16.6. The Balaban J connectivity index is 1.63. The molecule has 3 rings (SSSR count). The molecule has 1 aromatic heterocycles. The number of carbonyl (C=O) groups excluding carboxylic acids is 1. The molecule has 6 nitrogen and oxygen atoms in total. The fraction of sp³-hybridized carbons (Fsp3) is 0.227. The van der Waals surface area contributed by atoms with E-state index in [0.29, 0.717) is 23.2 Å². The Kier molecular flexibility index (Phi) is 6.97. The molecule has 2 aromatic carbocycles. The molecule has 0 aliphatic carbocycles. The number of anilines is 1. The van der Waals surface area contributed by atoms with Crippen LogP contribution in [0.1, 0.15) is 28.6 Å². The van der Waals surface area contributed by atoms with Crippen LogP contribution in [0.25, 0.3) is 6.08 Å². The van der Waals surface area contributed by atoms with Crippen LogP contribution in [0.5, 0.6) is 11.5 Å². The van der Waals surface area contributed by atoms with Crippen molar-refractivity contribution in [3.63, 3.8) is 0 Å². The van der Waals surface area contributed by atoms with E-state index in [1.807, 2.05) is 43.3 Å². The first-order valence-electron chi connectivity index (χ1n) is 9.26. The first-order valence-corrected chi connectivity index (χ1v) is 10.1. The van der Waals surface area contributed by atoms with E-state index in [0.717, 1.165) is 22.6 Å². The Morgan fingerprint density at radius 1 is 1.17 bits per heavy atom. The zero-order valence-corrected chi connectivity index (χ0v) is 17.5. The molecule has 0 spiro atoms. The number of rotatable bonds is 8. The van der Waals surface area contributed by atoms with Crippen molar-refractivity contribution in [1.82, 2.24) is 10.2 Å². The van der Waals surface area contributed by atoms with Crippen LogP contribution in [0.4, 0.5) is 5.13 Å². The number of amides is 1. The number of nitrogens with one attached hydrogen (secondary N) is 1. The lowest BCUT2D eigenvalue weighted by atomic mass is 10.1. The molecular formula is C22H23N3O3S. The van der Waals surface area contributed by atoms with E-state index in [4.69, 9.17) is 9.47 Å². The van der Waals surface area contributed by atoms with Gasteiger partial charge in [-0.15, -0.1) is 10.2 Å². The number of aromatic nitrogens is 2. The minimum atomic E-state index is -0.261. The lowest BCUT2D eigenvalue weighted by molar-refractivity contribution is -0.111. The molecule has 0 saturated heterocycles. The maximum absolute atomic E-state index is 12.1. The molecule has 7 heteroatoms. The van der Waals surface area contributed by atoms with Crippen LogP contribution in [-0.4, -0.2) is 23.2 Å². The molecule has 0 saturated carbocycles. The van der Waals surface area contributed by atoms with E-state index >= 15 is 0 Å². The summed E-state index contributed by atoms with van der Waals surface area (Å²) in [7, 11) is 1.59. The van der Waals surface area contributed by atoms with E-state index in [-0.39, 0.29) is 5.91 Å². The van der Waals surface area contributed by atoms with Crippen LogP contribution >= 0.6 is 11.3 Å². The minimum Gasteiger partial charge on any atom is -0.493 e. The van der Waals surface area contributed by atoms with E-state index in [1.54, 1.807) is 13.2 Å². The topological polar surface area (TPSA) is 73.3 Å². The first kappa shape index (κ1) is 20.5. The number of ether oxygens (including phenoxy) is 2. The molecular weight excluding hydrogens is 386 g/mol. The lowest BCUT2D eigenvalue weighted by Crippen LogP contribution is -2.07. The molecule has 1 amide bonds. The van der Waals surface area contributed by atoms with Crippen molar-refractivity contribution in [3.8, 4) is 11.5 Å². The molecule has 150 valence electrons. The van der Waals surface area contributed by atoms with E-state index in [9.17, 15) is 4.79 Å². The van der Waals surface area contributed by atoms with Crippen LogP contribution in [-0.2, 0) is 17.8 Å². The minimum absolute atomic E-state index is 0.261. The SMILES string of the molecule is CCc1nnc(NC(=O)/C=C/c2ccc(OCc3ccccc3C)c(OC)c2)s1. The van der Waals surface area contributed by atoms with Gasteiger partial charge in [0.25, 0.3) is 0 Å². The highest BCUT2D eigenvalue weighted by Gasteiger charge is 2.08. The van der Waals surface area contributed by atoms with Crippen LogP contribution in [0, 0.1) is 6.92 Å². The standard InChI is InChI=1S/C22H23N3O3S/c1-4-21-24-25-22(29-21)23-20(26)12-10-16-9-11-18(19(13-16)27-3)28-14-17-8-6-5-7-15(17)2/h5-13H,4,14H2,1-3H3,(H,23,25,26)/b12-10+. The van der Waals surface area contributed by atoms with Crippen molar-refractivity contribution < 1.29 is 14.3 Å². The summed E-state index contributed by atoms with van der Waals surface area (Å²) in [4.78, 5) is 12.1. The van der Waals surface area contributed by atoms with Crippen LogP contribution < -0.4 is 14.8 Å². The van der Waals surface area contributed by atoms with Gasteiger partial charge in [0.1, 0.15) is 11.6 Å². The molecule has 0 radical (unpaired) electrons. The van der Waals surface area contributed by atoms with Gasteiger partial charge in [0.15, 0.2) is 11.5 Å². The fourth-order valence-electron chi connectivity index (χ4n) is 2.60. The normalized spacial score (nSPS) is 10.9. The third kappa shape index (κ3) is 5.65. The Hall–Kier alpha value is -3.19. The first-order chi connectivity index (χ1) is 14.1. The summed E-state index contributed by atoms with van der Waals surface area (Å²) in [5, 5.41) is 12.0. The average Bonchev–Trinajstić information content (AvgIpc) is 3.19. The summed E-state index contributed by atoms with van der Waals surface area (Å²) in [6.07, 6.45) is 3.96. The Bertz CT molecular complexity index is 1010. The van der Waals surface area contributed by atoms with Crippen molar-refractivity contribution in [2.75, 3.05) is 12.4 Å². The smallest absolute Gasteiger partial charge is 0.250 e. The third-order valence-electron chi connectivity index (χ3n) is 4.26. The Labute approximate surface area is 174 Å². The second kappa shape index (κ2) is 9.84. The molecule has 0 fully saturated rings. The molecule has 0 bridgehead atoms. The van der Waals surface area contributed by atoms with Crippen molar-refractivity contribution in [2.45, 2.75) is 26.9 Å². The monoisotopic (exact) mass is 409 g/mol. The number of aryl methyl sites for hydroxylation is 2. The number of carbonyl (C=O) groups is 1. The summed E-state index contributed by atoms with van der Waals surface area (Å²) >= 11 is 1.37. The highest BCUT2D eigenvalue weighted by Crippen LogP contribution is 2.29. The van der Waals surface area contributed by atoms with Crippen molar-refractivity contribution in [3.05, 3.63) is 70.2 Å². The van der Waals surface area contributed by atoms with Gasteiger partial charge >= 0.3 is 0 Å². The van der Waals surface area contributed by atoms with E-state index in [1.165, 1.54) is 23.0 Å². The van der Waals surface area contributed by atoms with Gasteiger partial charge in [-0.3, -0.25) is 10.1 Å². The second-order valence-electron chi connectivity index (χ2n) is 6.30. The third-order valence-corrected chi connectivity index (χ3v) is 5.24. The highest BCUT2D eigenvalue weighted by atomic mass is 32.1. The average molecular weight is 410 g/mol. The van der Waals surface area contributed by atoms with Crippen molar-refractivity contribution in [2.24, 2.45) is 0 Å². The highest BCUT2D eigenvalue weighted by molar-refractivity contribution is 7.15. The quantitative estimate of drug-likeness (QED) is 0.548. The Morgan fingerprint density at radius 2 is 2.00 bits per heavy atom. The summed E-state index contributed by atoms with van der Waals surface area (Å²) in [6, 6.07) is 13.6. The predicted octanol–water partition coefficient (Wildman–Crippen LogP) is 4.65. The van der Waals surface area contributed by atoms with E-state index in [2.05, 4.69) is 28.5 Å². The summed E-state index contributed by atoms with van der Waals surface area (Å²) < 4.78 is 11.4. The molecule has 0 atom stereocenters. The van der Waals surface area contributed by atoms with Gasteiger partial charge < -0.3 is 9.47 Å². The van der Waals surface area contributed by atoms with Gasteiger partial charge in [-0.2, -0.15) is 0 Å². The zero-order chi connectivity index (χ0) is 20.6. The number of benzene rings is 2. The van der Waals surface area contributed by atoms with Gasteiger partial charge in [0.05, 0.1) is 7.11 Å². The van der Waals surface area contributed by atoms with Crippen LogP contribution in [0.3, 0.4) is 0 Å². The van der Waals surface area contributed by atoms with Crippen molar-refractivity contribution in [1.29, 1.82) is 0 Å². The summed E-state index contributed by atoms with van der Waals surface area (Å²) in [5.74, 6) is 0.999. The van der Waals surface area contributed by atoms with Gasteiger partial charge in [0.2, 0.25) is 11.0 Å². The number of hydrogen-bond acceptors (Lipinski definition) is 6. The number of hydrogen-bond donors (Lipinski definition) is 1. The van der Waals surface area contributed by atoms with Crippen LogP contribution in [0.15, 0.2) is 48.5 Å². The molecule has 1 heterocycles. The summed E-state index contributed by atoms with van der Waals surface area (Å²) in [5.41, 5.74) is 3.13. The number of methoxy groups -OCH3 is 1. The van der Waals surface area contributed by atoms with Crippen molar-refractivity contribution >= 4 is 28.5 Å². The van der Waals surface area contributed by atoms with E-state index < -0.39 is 0 Å². The van der Waals surface area contributed by atoms with Gasteiger partial charge in [0, 0.05) is 6.08 Å². The van der Waals surface area contributed by atoms with Gasteiger partial charge in [-0.1, -0.05) is 48.6 Å². The maximum atomic E-state index is 12.1. The fourth-order valence-corrected chi connectivity index (χ4v) is 3.28. The molecule has 29 heavy (non-hydrogen) atoms. The predicted molar refractivity (Wildman–Crippen MR) is 115 cm³/mol. The van der Waals surface area contributed by atoms with Gasteiger partial charge in [-0.25, -0.2) is 0 Å². The molecule has 3 aromatic rings. The lowest BCUT2D eigenvalue weighted by Gasteiger charge is -2.12.